The Morgan fingerprint density at radius 1 is 0.971 bits per heavy atom. The highest BCUT2D eigenvalue weighted by Gasteiger charge is 2.34. The number of benzene rings is 1. The summed E-state index contributed by atoms with van der Waals surface area (Å²) in [6.07, 6.45) is -6.96. The molecule has 0 saturated carbocycles. The minimum atomic E-state index is -4.64. The molecule has 188 valence electrons. The highest BCUT2D eigenvalue weighted by Crippen LogP contribution is 2.32. The molecule has 2 heterocycles. The van der Waals surface area contributed by atoms with Gasteiger partial charge in [0.1, 0.15) is 0 Å². The lowest BCUT2D eigenvalue weighted by molar-refractivity contribution is -0.138. The largest absolute Gasteiger partial charge is 0.417 e. The summed E-state index contributed by atoms with van der Waals surface area (Å²) >= 11 is 0. The third-order valence-corrected chi connectivity index (χ3v) is 6.99. The van der Waals surface area contributed by atoms with Crippen molar-refractivity contribution in [3.05, 3.63) is 53.5 Å². The predicted octanol–water partition coefficient (Wildman–Crippen LogP) is 5.64. The standard InChI is InChI=1S/C11H10F4N2O.C10H11F3O2S/c12-8-5-7(11(13,14)15)6-16-10(8)17-4-2-1-3-9(17)18;1-7(2)16(14,15)9-5-3-4-8(6-9)10(11,12)13/h5-6H,1-4H2;3-7H,1-2H3. The number of nitrogens with zero attached hydrogens (tertiary/aromatic N) is 2. The number of amides is 1. The van der Waals surface area contributed by atoms with Crippen LogP contribution in [0, 0.1) is 5.82 Å². The maximum atomic E-state index is 13.6. The highest BCUT2D eigenvalue weighted by molar-refractivity contribution is 7.92. The third-order valence-electron chi connectivity index (χ3n) is 4.84. The summed E-state index contributed by atoms with van der Waals surface area (Å²) in [6, 6.07) is 4.14. The Bertz CT molecular complexity index is 1130. The number of aromatic nitrogens is 1. The minimum absolute atomic E-state index is 0.266. The first kappa shape index (κ1) is 27.5. The van der Waals surface area contributed by atoms with Crippen LogP contribution in [0.2, 0.25) is 0 Å². The lowest BCUT2D eigenvalue weighted by Crippen LogP contribution is -2.36. The molecule has 1 aliphatic heterocycles. The van der Waals surface area contributed by atoms with Crippen molar-refractivity contribution in [2.24, 2.45) is 0 Å². The molecule has 0 bridgehead atoms. The molecule has 0 spiro atoms. The lowest BCUT2D eigenvalue weighted by atomic mass is 10.1. The van der Waals surface area contributed by atoms with E-state index >= 15 is 0 Å². The van der Waals surface area contributed by atoms with Crippen LogP contribution in [-0.2, 0) is 27.0 Å². The van der Waals surface area contributed by atoms with Crippen molar-refractivity contribution in [1.82, 2.24) is 4.98 Å². The number of alkyl halides is 6. The van der Waals surface area contributed by atoms with Crippen LogP contribution in [0.1, 0.15) is 44.2 Å². The van der Waals surface area contributed by atoms with Gasteiger partial charge in [-0.2, -0.15) is 26.3 Å². The number of anilines is 1. The van der Waals surface area contributed by atoms with Crippen LogP contribution < -0.4 is 4.90 Å². The van der Waals surface area contributed by atoms with E-state index in [0.29, 0.717) is 31.2 Å². The SMILES string of the molecule is CC(C)S(=O)(=O)c1cccc(C(F)(F)F)c1.O=C1CCCCN1c1ncc(C(F)(F)F)cc1F. The molecule has 0 N–H and O–H groups in total. The summed E-state index contributed by atoms with van der Waals surface area (Å²) < 4.78 is 111. The number of halogens is 7. The van der Waals surface area contributed by atoms with Gasteiger partial charge in [-0.25, -0.2) is 17.8 Å². The van der Waals surface area contributed by atoms with Gasteiger partial charge in [0.25, 0.3) is 0 Å². The normalized spacial score (nSPS) is 15.2. The van der Waals surface area contributed by atoms with Crippen LogP contribution in [0.4, 0.5) is 36.6 Å². The van der Waals surface area contributed by atoms with Crippen LogP contribution in [0.25, 0.3) is 0 Å². The fourth-order valence-electron chi connectivity index (χ4n) is 2.94. The number of carbonyl (C=O) groups is 1. The van der Waals surface area contributed by atoms with E-state index in [1.807, 2.05) is 0 Å². The van der Waals surface area contributed by atoms with E-state index in [1.165, 1.54) is 19.9 Å². The molecule has 1 saturated heterocycles. The summed E-state index contributed by atoms with van der Waals surface area (Å²) in [5.41, 5.74) is -2.11. The molecule has 34 heavy (non-hydrogen) atoms. The summed E-state index contributed by atoms with van der Waals surface area (Å²) in [7, 11) is -3.66. The van der Waals surface area contributed by atoms with Gasteiger partial charge in [0, 0.05) is 19.2 Å². The van der Waals surface area contributed by atoms with Gasteiger partial charge in [-0.3, -0.25) is 9.69 Å². The van der Waals surface area contributed by atoms with Crippen LogP contribution >= 0.6 is 0 Å². The Morgan fingerprint density at radius 3 is 2.09 bits per heavy atom. The lowest BCUT2D eigenvalue weighted by Gasteiger charge is -2.26. The maximum Gasteiger partial charge on any atom is 0.417 e. The van der Waals surface area contributed by atoms with E-state index in [4.69, 9.17) is 0 Å². The van der Waals surface area contributed by atoms with Gasteiger partial charge in [0.15, 0.2) is 21.5 Å². The molecule has 1 aromatic heterocycles. The Balaban J connectivity index is 0.000000242. The average molecular weight is 514 g/mol. The summed E-state index contributed by atoms with van der Waals surface area (Å²) in [4.78, 5) is 15.8. The van der Waals surface area contributed by atoms with E-state index < -0.39 is 44.4 Å². The van der Waals surface area contributed by atoms with Gasteiger partial charge >= 0.3 is 12.4 Å². The number of sulfone groups is 1. The van der Waals surface area contributed by atoms with Crippen molar-refractivity contribution in [3.63, 3.8) is 0 Å². The van der Waals surface area contributed by atoms with Gasteiger partial charge < -0.3 is 0 Å². The maximum absolute atomic E-state index is 13.6. The average Bonchev–Trinajstić information content (AvgIpc) is 2.73. The molecular formula is C21H21F7N2O3S. The van der Waals surface area contributed by atoms with Crippen LogP contribution in [0.5, 0.6) is 0 Å². The second-order valence-electron chi connectivity index (χ2n) is 7.65. The molecule has 1 aliphatic rings. The zero-order chi connectivity index (χ0) is 25.9. The van der Waals surface area contributed by atoms with E-state index in [9.17, 15) is 43.9 Å². The zero-order valence-corrected chi connectivity index (χ0v) is 18.9. The molecule has 1 fully saturated rings. The first-order valence-electron chi connectivity index (χ1n) is 9.99. The molecule has 0 radical (unpaired) electrons. The first-order valence-corrected chi connectivity index (χ1v) is 11.5. The Hall–Kier alpha value is -2.70. The smallest absolute Gasteiger partial charge is 0.294 e. The summed E-state index contributed by atoms with van der Waals surface area (Å²) in [6.45, 7) is 3.14. The molecule has 1 amide bonds. The number of pyridine rings is 1. The predicted molar refractivity (Wildman–Crippen MR) is 109 cm³/mol. The summed E-state index contributed by atoms with van der Waals surface area (Å²) in [5.74, 6) is -1.76. The Labute approximate surface area is 191 Å². The minimum Gasteiger partial charge on any atom is -0.294 e. The van der Waals surface area contributed by atoms with Crippen LogP contribution in [0.3, 0.4) is 0 Å². The van der Waals surface area contributed by atoms with Crippen molar-refractivity contribution in [3.8, 4) is 0 Å². The topological polar surface area (TPSA) is 67.3 Å². The van der Waals surface area contributed by atoms with Crippen LogP contribution in [-0.4, -0.2) is 31.1 Å². The van der Waals surface area contributed by atoms with Gasteiger partial charge in [0.05, 0.1) is 21.3 Å². The van der Waals surface area contributed by atoms with Gasteiger partial charge in [0.2, 0.25) is 5.91 Å². The monoisotopic (exact) mass is 514 g/mol. The number of hydrogen-bond donors (Lipinski definition) is 0. The number of piperidine rings is 1. The Morgan fingerprint density at radius 2 is 1.59 bits per heavy atom. The molecule has 0 atom stereocenters. The molecular weight excluding hydrogens is 493 g/mol. The van der Waals surface area contributed by atoms with E-state index in [2.05, 4.69) is 4.98 Å². The van der Waals surface area contributed by atoms with Crippen molar-refractivity contribution >= 4 is 21.6 Å². The zero-order valence-electron chi connectivity index (χ0n) is 18.0. The van der Waals surface area contributed by atoms with Crippen LogP contribution in [0.15, 0.2) is 41.4 Å². The van der Waals surface area contributed by atoms with Gasteiger partial charge in [-0.15, -0.1) is 0 Å². The summed E-state index contributed by atoms with van der Waals surface area (Å²) in [5, 5.41) is -0.740. The molecule has 0 aliphatic carbocycles. The molecule has 2 aromatic rings. The Kier molecular flexibility index (Phi) is 8.33. The number of carbonyl (C=O) groups excluding carboxylic acids is 1. The van der Waals surface area contributed by atoms with E-state index in [0.717, 1.165) is 17.0 Å². The highest BCUT2D eigenvalue weighted by atomic mass is 32.2. The van der Waals surface area contributed by atoms with E-state index in [-0.39, 0.29) is 29.6 Å². The van der Waals surface area contributed by atoms with Gasteiger partial charge in [-0.05, 0) is 51.0 Å². The molecule has 0 unspecified atom stereocenters. The molecule has 5 nitrogen and oxygen atoms in total. The van der Waals surface area contributed by atoms with Crippen molar-refractivity contribution in [2.75, 3.05) is 11.4 Å². The number of hydrogen-bond acceptors (Lipinski definition) is 4. The number of rotatable bonds is 3. The third kappa shape index (κ3) is 6.67. The second-order valence-corrected chi connectivity index (χ2v) is 10.2. The first-order chi connectivity index (χ1) is 15.5. The van der Waals surface area contributed by atoms with Crippen molar-refractivity contribution < 1.29 is 43.9 Å². The van der Waals surface area contributed by atoms with E-state index in [1.54, 1.807) is 0 Å². The molecule has 3 rings (SSSR count). The second kappa shape index (κ2) is 10.3. The van der Waals surface area contributed by atoms with Crippen molar-refractivity contribution in [2.45, 2.75) is 55.6 Å². The van der Waals surface area contributed by atoms with Gasteiger partial charge in [-0.1, -0.05) is 6.07 Å². The van der Waals surface area contributed by atoms with Crippen molar-refractivity contribution in [1.29, 1.82) is 0 Å². The molecule has 1 aromatic carbocycles. The quantitative estimate of drug-likeness (QED) is 0.497. The molecule has 13 heteroatoms. The fourth-order valence-corrected chi connectivity index (χ4v) is 4.04. The fraction of sp³-hybridized carbons (Fsp3) is 0.429.